The molecule has 0 spiro atoms. The van der Waals surface area contributed by atoms with E-state index in [2.05, 4.69) is 66.6 Å². The van der Waals surface area contributed by atoms with Crippen LogP contribution >= 0.6 is 24.0 Å². The van der Waals surface area contributed by atoms with Gasteiger partial charge < -0.3 is 20.3 Å². The van der Waals surface area contributed by atoms with Crippen molar-refractivity contribution in [3.63, 3.8) is 0 Å². The molecular weight excluding hydrogens is 505 g/mol. The second-order valence-corrected chi connectivity index (χ2v) is 8.32. The molecule has 2 atom stereocenters. The molecule has 0 aromatic carbocycles. The number of aliphatic imine (C=N–C) groups is 1. The van der Waals surface area contributed by atoms with Crippen LogP contribution in [0.25, 0.3) is 0 Å². The normalized spacial score (nSPS) is 17.5. The van der Waals surface area contributed by atoms with E-state index in [4.69, 9.17) is 9.73 Å². The lowest BCUT2D eigenvalue weighted by Crippen LogP contribution is -2.49. The number of aryl methyl sites for hydroxylation is 1. The fourth-order valence-electron chi connectivity index (χ4n) is 4.24. The van der Waals surface area contributed by atoms with E-state index in [1.807, 2.05) is 17.9 Å². The molecule has 0 saturated carbocycles. The van der Waals surface area contributed by atoms with Crippen LogP contribution in [0, 0.1) is 5.92 Å². The van der Waals surface area contributed by atoms with E-state index in [-0.39, 0.29) is 30.0 Å². The second-order valence-electron chi connectivity index (χ2n) is 8.32. The van der Waals surface area contributed by atoms with Crippen LogP contribution in [0.1, 0.15) is 45.2 Å². The van der Waals surface area contributed by atoms with Crippen LogP contribution in [0.2, 0.25) is 0 Å². The summed E-state index contributed by atoms with van der Waals surface area (Å²) in [6.07, 6.45) is 6.39. The van der Waals surface area contributed by atoms with E-state index < -0.39 is 0 Å². The second kappa shape index (κ2) is 15.0. The zero-order valence-corrected chi connectivity index (χ0v) is 22.6. The Balaban J connectivity index is 0.00000480. The van der Waals surface area contributed by atoms with Crippen LogP contribution in [0.4, 0.5) is 0 Å². The predicted molar refractivity (Wildman–Crippen MR) is 139 cm³/mol. The lowest BCUT2D eigenvalue weighted by atomic mass is 9.92. The molecule has 1 aromatic heterocycles. The molecule has 1 aliphatic rings. The smallest absolute Gasteiger partial charge is 0.191 e. The van der Waals surface area contributed by atoms with Crippen molar-refractivity contribution in [2.75, 3.05) is 60.0 Å². The first-order chi connectivity index (χ1) is 14.5. The first-order valence-electron chi connectivity index (χ1n) is 11.5. The molecule has 8 nitrogen and oxygen atoms in total. The van der Waals surface area contributed by atoms with Crippen molar-refractivity contribution < 1.29 is 4.74 Å². The van der Waals surface area contributed by atoms with Crippen molar-refractivity contribution in [1.29, 1.82) is 0 Å². The molecule has 1 aromatic rings. The minimum atomic E-state index is 0. The maximum Gasteiger partial charge on any atom is 0.191 e. The van der Waals surface area contributed by atoms with Gasteiger partial charge in [-0.2, -0.15) is 5.10 Å². The largest absolute Gasteiger partial charge is 0.379 e. The molecule has 1 fully saturated rings. The highest BCUT2D eigenvalue weighted by molar-refractivity contribution is 14.0. The van der Waals surface area contributed by atoms with E-state index in [0.29, 0.717) is 12.0 Å². The van der Waals surface area contributed by atoms with Crippen LogP contribution < -0.4 is 10.6 Å². The van der Waals surface area contributed by atoms with Crippen molar-refractivity contribution in [1.82, 2.24) is 30.2 Å². The number of nitrogens with one attached hydrogen (secondary N) is 2. The number of hydrogen-bond donors (Lipinski definition) is 2. The number of ether oxygens (including phenoxy) is 1. The first-order valence-corrected chi connectivity index (χ1v) is 11.5. The molecule has 2 unspecified atom stereocenters. The molecule has 31 heavy (non-hydrogen) atoms. The molecule has 0 amide bonds. The van der Waals surface area contributed by atoms with E-state index in [9.17, 15) is 0 Å². The zero-order chi connectivity index (χ0) is 21.9. The average molecular weight is 550 g/mol. The molecule has 2 heterocycles. The Morgan fingerprint density at radius 3 is 2.39 bits per heavy atom. The lowest BCUT2D eigenvalue weighted by Gasteiger charge is -2.38. The zero-order valence-electron chi connectivity index (χ0n) is 20.3. The van der Waals surface area contributed by atoms with Crippen molar-refractivity contribution in [2.24, 2.45) is 18.0 Å². The fourth-order valence-corrected chi connectivity index (χ4v) is 4.24. The van der Waals surface area contributed by atoms with Gasteiger partial charge in [0.25, 0.3) is 0 Å². The third-order valence-electron chi connectivity index (χ3n) is 6.08. The highest BCUT2D eigenvalue weighted by Gasteiger charge is 2.27. The van der Waals surface area contributed by atoms with Gasteiger partial charge in [-0.05, 0) is 26.9 Å². The van der Waals surface area contributed by atoms with Crippen LogP contribution in [-0.2, 0) is 11.8 Å². The van der Waals surface area contributed by atoms with Crippen LogP contribution in [-0.4, -0.2) is 91.6 Å². The van der Waals surface area contributed by atoms with E-state index in [0.717, 1.165) is 51.9 Å². The Hall–Kier alpha value is -0.910. The van der Waals surface area contributed by atoms with E-state index in [1.165, 1.54) is 18.4 Å². The average Bonchev–Trinajstić information content (AvgIpc) is 3.17. The molecule has 9 heteroatoms. The van der Waals surface area contributed by atoms with Crippen molar-refractivity contribution in [2.45, 2.75) is 45.7 Å². The van der Waals surface area contributed by atoms with Crippen molar-refractivity contribution >= 4 is 29.9 Å². The van der Waals surface area contributed by atoms with Gasteiger partial charge in [-0.25, -0.2) is 0 Å². The Bertz CT molecular complexity index is 627. The molecule has 1 saturated heterocycles. The minimum absolute atomic E-state index is 0. The standard InChI is InChI=1S/C22H43N7O.HI/c1-7-18(8-2)21(29-10-12-30-13-11-29)16-25-22(23-9-3)24-15-20(27(4)5)19-14-26-28(6)17-19;/h14,17-18,20-21H,7-13,15-16H2,1-6H3,(H2,23,24,25);1H. The fraction of sp³-hybridized carbons (Fsp3) is 0.818. The Labute approximate surface area is 206 Å². The van der Waals surface area contributed by atoms with Crippen molar-refractivity contribution in [3.05, 3.63) is 18.0 Å². The van der Waals surface area contributed by atoms with Crippen molar-refractivity contribution in [3.8, 4) is 0 Å². The van der Waals surface area contributed by atoms with Crippen LogP contribution in [0.5, 0.6) is 0 Å². The summed E-state index contributed by atoms with van der Waals surface area (Å²) in [4.78, 5) is 9.80. The molecule has 180 valence electrons. The topological polar surface area (TPSA) is 70.0 Å². The molecular formula is C22H44IN7O. The number of aromatic nitrogens is 2. The van der Waals surface area contributed by atoms with Gasteiger partial charge >= 0.3 is 0 Å². The van der Waals surface area contributed by atoms with Crippen LogP contribution in [0.15, 0.2) is 17.4 Å². The quantitative estimate of drug-likeness (QED) is 0.251. The number of likely N-dealkylation sites (N-methyl/N-ethyl adjacent to an activating group) is 1. The summed E-state index contributed by atoms with van der Waals surface area (Å²) in [7, 11) is 6.16. The summed E-state index contributed by atoms with van der Waals surface area (Å²) < 4.78 is 7.43. The molecule has 0 aliphatic carbocycles. The Morgan fingerprint density at radius 2 is 1.87 bits per heavy atom. The molecule has 2 N–H and O–H groups in total. The van der Waals surface area contributed by atoms with Gasteiger partial charge in [0.1, 0.15) is 0 Å². The minimum Gasteiger partial charge on any atom is -0.379 e. The summed E-state index contributed by atoms with van der Waals surface area (Å²) in [6, 6.07) is 0.693. The molecule has 0 bridgehead atoms. The molecule has 1 aliphatic heterocycles. The lowest BCUT2D eigenvalue weighted by molar-refractivity contribution is 0.00395. The van der Waals surface area contributed by atoms with Gasteiger partial charge in [0, 0.05) is 51.0 Å². The summed E-state index contributed by atoms with van der Waals surface area (Å²) in [6.45, 7) is 12.8. The van der Waals surface area contributed by atoms with Crippen LogP contribution in [0.3, 0.4) is 0 Å². The van der Waals surface area contributed by atoms with Gasteiger partial charge in [-0.1, -0.05) is 26.7 Å². The predicted octanol–water partition coefficient (Wildman–Crippen LogP) is 2.33. The first kappa shape index (κ1) is 28.1. The van der Waals surface area contributed by atoms with Gasteiger partial charge in [-0.3, -0.25) is 14.6 Å². The monoisotopic (exact) mass is 549 g/mol. The van der Waals surface area contributed by atoms with E-state index >= 15 is 0 Å². The third-order valence-corrected chi connectivity index (χ3v) is 6.08. The van der Waals surface area contributed by atoms with Gasteiger partial charge in [0.15, 0.2) is 5.96 Å². The molecule has 0 radical (unpaired) electrons. The molecule has 2 rings (SSSR count). The highest BCUT2D eigenvalue weighted by atomic mass is 127. The number of guanidine groups is 1. The number of halogens is 1. The summed E-state index contributed by atoms with van der Waals surface area (Å²) in [5, 5.41) is 11.3. The maximum absolute atomic E-state index is 5.58. The van der Waals surface area contributed by atoms with Gasteiger partial charge in [0.2, 0.25) is 0 Å². The number of hydrogen-bond acceptors (Lipinski definition) is 5. The summed E-state index contributed by atoms with van der Waals surface area (Å²) in [5.41, 5.74) is 1.20. The number of nitrogens with zero attached hydrogens (tertiary/aromatic N) is 5. The van der Waals surface area contributed by atoms with Gasteiger partial charge in [0.05, 0.1) is 32.0 Å². The number of morpholine rings is 1. The summed E-state index contributed by atoms with van der Waals surface area (Å²) >= 11 is 0. The number of rotatable bonds is 11. The summed E-state index contributed by atoms with van der Waals surface area (Å²) in [5.74, 6) is 1.54. The third kappa shape index (κ3) is 8.86. The van der Waals surface area contributed by atoms with E-state index in [1.54, 1.807) is 0 Å². The maximum atomic E-state index is 5.58. The van der Waals surface area contributed by atoms with Gasteiger partial charge in [-0.15, -0.1) is 24.0 Å². The Morgan fingerprint density at radius 1 is 1.19 bits per heavy atom. The highest BCUT2D eigenvalue weighted by Crippen LogP contribution is 2.20. The Kier molecular flexibility index (Phi) is 13.6. The SMILES string of the molecule is CCNC(=NCC(C(CC)CC)N1CCOCC1)NCC(c1cnn(C)c1)N(C)C.I.